The lowest BCUT2D eigenvalue weighted by Gasteiger charge is -2.27. The molecule has 0 N–H and O–H groups in total. The van der Waals surface area contributed by atoms with Crippen LogP contribution in [0.2, 0.25) is 0 Å². The van der Waals surface area contributed by atoms with Crippen LogP contribution in [-0.4, -0.2) is 0 Å². The van der Waals surface area contributed by atoms with Gasteiger partial charge in [0.1, 0.15) is 0 Å². The molecule has 0 aliphatic heterocycles. The zero-order valence-electron chi connectivity index (χ0n) is 28.0. The fourth-order valence-corrected chi connectivity index (χ4v) is 7.87. The first-order chi connectivity index (χ1) is 25.3. The standard InChI is InChI=1S/C50H33N/c1-2-10-34(11-3-1)40-15-8-17-43(30-40)51(44-27-26-35-12-4-5-14-39(35)31-44)45-28-29-47-41(32-45)16-9-19-46(47)42-25-22-37-21-24-38-23-20-36-13-6-7-18-48(36)50(38)49(37)33-42/h1-33H. The molecular formula is C50H33N. The summed E-state index contributed by atoms with van der Waals surface area (Å²) in [6.45, 7) is 0. The number of benzene rings is 10. The molecule has 10 rings (SSSR count). The zero-order valence-corrected chi connectivity index (χ0v) is 28.0. The van der Waals surface area contributed by atoms with Gasteiger partial charge in [-0.05, 0) is 119 Å². The molecule has 0 bridgehead atoms. The highest BCUT2D eigenvalue weighted by Crippen LogP contribution is 2.41. The fraction of sp³-hybridized carbons (Fsp3) is 0. The summed E-state index contributed by atoms with van der Waals surface area (Å²) < 4.78 is 0. The molecule has 0 heterocycles. The van der Waals surface area contributed by atoms with Crippen LogP contribution < -0.4 is 4.90 Å². The molecule has 1 nitrogen and oxygen atoms in total. The van der Waals surface area contributed by atoms with Gasteiger partial charge in [0.2, 0.25) is 0 Å². The summed E-state index contributed by atoms with van der Waals surface area (Å²) >= 11 is 0. The van der Waals surface area contributed by atoms with E-state index in [1.165, 1.54) is 76.1 Å². The van der Waals surface area contributed by atoms with Crippen LogP contribution >= 0.6 is 0 Å². The van der Waals surface area contributed by atoms with E-state index in [2.05, 4.69) is 205 Å². The van der Waals surface area contributed by atoms with Gasteiger partial charge in [-0.3, -0.25) is 0 Å². The second-order valence-electron chi connectivity index (χ2n) is 13.4. The van der Waals surface area contributed by atoms with Gasteiger partial charge in [-0.25, -0.2) is 0 Å². The van der Waals surface area contributed by atoms with Gasteiger partial charge in [-0.2, -0.15) is 0 Å². The third-order valence-electron chi connectivity index (χ3n) is 10.4. The minimum atomic E-state index is 1.12. The second kappa shape index (κ2) is 12.0. The summed E-state index contributed by atoms with van der Waals surface area (Å²) in [5.74, 6) is 0. The summed E-state index contributed by atoms with van der Waals surface area (Å²) in [6.07, 6.45) is 0. The Kier molecular flexibility index (Phi) is 6.89. The second-order valence-corrected chi connectivity index (χ2v) is 13.4. The lowest BCUT2D eigenvalue weighted by Crippen LogP contribution is -2.10. The predicted octanol–water partition coefficient (Wildman–Crippen LogP) is 14.3. The van der Waals surface area contributed by atoms with Crippen molar-refractivity contribution in [2.24, 2.45) is 0 Å². The molecule has 0 aliphatic rings. The van der Waals surface area contributed by atoms with Crippen molar-refractivity contribution in [2.75, 3.05) is 4.90 Å². The summed E-state index contributed by atoms with van der Waals surface area (Å²) in [5, 5.41) is 12.6. The maximum atomic E-state index is 2.39. The van der Waals surface area contributed by atoms with Crippen molar-refractivity contribution in [2.45, 2.75) is 0 Å². The number of nitrogens with zero attached hydrogens (tertiary/aromatic N) is 1. The highest BCUT2D eigenvalue weighted by atomic mass is 15.1. The molecule has 0 unspecified atom stereocenters. The van der Waals surface area contributed by atoms with Crippen LogP contribution in [0.4, 0.5) is 17.1 Å². The van der Waals surface area contributed by atoms with E-state index in [1.807, 2.05) is 0 Å². The van der Waals surface area contributed by atoms with Crippen molar-refractivity contribution in [1.82, 2.24) is 0 Å². The molecule has 0 radical (unpaired) electrons. The lowest BCUT2D eigenvalue weighted by molar-refractivity contribution is 1.29. The molecule has 10 aromatic carbocycles. The molecule has 0 saturated carbocycles. The van der Waals surface area contributed by atoms with E-state index in [0.717, 1.165) is 17.1 Å². The molecule has 0 aromatic heterocycles. The van der Waals surface area contributed by atoms with E-state index < -0.39 is 0 Å². The van der Waals surface area contributed by atoms with Gasteiger partial charge in [0.25, 0.3) is 0 Å². The molecule has 0 saturated heterocycles. The van der Waals surface area contributed by atoms with Crippen molar-refractivity contribution in [3.63, 3.8) is 0 Å². The molecule has 0 amide bonds. The monoisotopic (exact) mass is 647 g/mol. The number of hydrogen-bond donors (Lipinski definition) is 0. The Morgan fingerprint density at radius 1 is 0.255 bits per heavy atom. The Morgan fingerprint density at radius 3 is 1.71 bits per heavy atom. The van der Waals surface area contributed by atoms with Crippen LogP contribution in [0.15, 0.2) is 200 Å². The Morgan fingerprint density at radius 2 is 0.843 bits per heavy atom. The number of rotatable bonds is 5. The first-order valence-corrected chi connectivity index (χ1v) is 17.6. The van der Waals surface area contributed by atoms with Gasteiger partial charge < -0.3 is 4.90 Å². The Hall–Kier alpha value is -6.70. The summed E-state index contributed by atoms with van der Waals surface area (Å²) in [5.41, 5.74) is 8.23. The van der Waals surface area contributed by atoms with E-state index in [0.29, 0.717) is 0 Å². The predicted molar refractivity (Wildman–Crippen MR) is 220 cm³/mol. The summed E-state index contributed by atoms with van der Waals surface area (Å²) in [7, 11) is 0. The quantitative estimate of drug-likeness (QED) is 0.168. The van der Waals surface area contributed by atoms with Crippen molar-refractivity contribution in [1.29, 1.82) is 0 Å². The van der Waals surface area contributed by atoms with E-state index in [1.54, 1.807) is 0 Å². The van der Waals surface area contributed by atoms with E-state index in [4.69, 9.17) is 0 Å². The maximum Gasteiger partial charge on any atom is 0.0468 e. The van der Waals surface area contributed by atoms with Crippen LogP contribution in [0, 0.1) is 0 Å². The molecule has 0 aliphatic carbocycles. The first kappa shape index (κ1) is 29.2. The van der Waals surface area contributed by atoms with Gasteiger partial charge in [0.15, 0.2) is 0 Å². The van der Waals surface area contributed by atoms with Gasteiger partial charge in [-0.15, -0.1) is 0 Å². The van der Waals surface area contributed by atoms with Crippen LogP contribution in [-0.2, 0) is 0 Å². The van der Waals surface area contributed by atoms with Gasteiger partial charge in [0, 0.05) is 17.1 Å². The molecule has 0 atom stereocenters. The van der Waals surface area contributed by atoms with Crippen molar-refractivity contribution in [3.05, 3.63) is 200 Å². The van der Waals surface area contributed by atoms with E-state index in [9.17, 15) is 0 Å². The molecule has 1 heteroatoms. The van der Waals surface area contributed by atoms with E-state index >= 15 is 0 Å². The minimum Gasteiger partial charge on any atom is -0.310 e. The molecule has 0 fully saturated rings. The lowest BCUT2D eigenvalue weighted by atomic mass is 9.92. The number of hydrogen-bond acceptors (Lipinski definition) is 1. The Bertz CT molecular complexity index is 2920. The summed E-state index contributed by atoms with van der Waals surface area (Å²) in [4.78, 5) is 2.39. The van der Waals surface area contributed by atoms with Crippen molar-refractivity contribution in [3.8, 4) is 22.3 Å². The smallest absolute Gasteiger partial charge is 0.0468 e. The fourth-order valence-electron chi connectivity index (χ4n) is 7.87. The molecule has 238 valence electrons. The van der Waals surface area contributed by atoms with Gasteiger partial charge >= 0.3 is 0 Å². The average molecular weight is 648 g/mol. The van der Waals surface area contributed by atoms with Crippen LogP contribution in [0.1, 0.15) is 0 Å². The summed E-state index contributed by atoms with van der Waals surface area (Å²) in [6, 6.07) is 73.1. The maximum absolute atomic E-state index is 2.39. The molecule has 10 aromatic rings. The highest BCUT2D eigenvalue weighted by molar-refractivity contribution is 6.21. The number of fused-ring (bicyclic) bond motifs is 7. The van der Waals surface area contributed by atoms with Crippen LogP contribution in [0.5, 0.6) is 0 Å². The molecule has 51 heavy (non-hydrogen) atoms. The largest absolute Gasteiger partial charge is 0.310 e. The highest BCUT2D eigenvalue weighted by Gasteiger charge is 2.16. The molecule has 0 spiro atoms. The van der Waals surface area contributed by atoms with Gasteiger partial charge in [-0.1, -0.05) is 158 Å². The SMILES string of the molecule is c1ccc(-c2cccc(N(c3ccc4ccccc4c3)c3ccc4c(-c5ccc6ccc7ccc8ccccc8c7c6c5)cccc4c3)c2)cc1. The van der Waals surface area contributed by atoms with Crippen molar-refractivity contribution < 1.29 is 0 Å². The first-order valence-electron chi connectivity index (χ1n) is 17.6. The Labute approximate surface area is 297 Å². The van der Waals surface area contributed by atoms with Gasteiger partial charge in [0.05, 0.1) is 0 Å². The topological polar surface area (TPSA) is 3.24 Å². The third kappa shape index (κ3) is 5.10. The van der Waals surface area contributed by atoms with Crippen LogP contribution in [0.25, 0.3) is 76.1 Å². The Balaban J connectivity index is 1.14. The zero-order chi connectivity index (χ0) is 33.7. The number of anilines is 3. The molecular weight excluding hydrogens is 615 g/mol. The van der Waals surface area contributed by atoms with Crippen LogP contribution in [0.3, 0.4) is 0 Å². The minimum absolute atomic E-state index is 1.12. The van der Waals surface area contributed by atoms with Crippen molar-refractivity contribution >= 4 is 70.9 Å². The average Bonchev–Trinajstić information content (AvgIpc) is 3.20. The van der Waals surface area contributed by atoms with E-state index in [-0.39, 0.29) is 0 Å². The third-order valence-corrected chi connectivity index (χ3v) is 10.4. The normalized spacial score (nSPS) is 11.5.